The highest BCUT2D eigenvalue weighted by Gasteiger charge is 2.30. The predicted molar refractivity (Wildman–Crippen MR) is 138 cm³/mol. The number of hydrogen-bond donors (Lipinski definition) is 2. The Morgan fingerprint density at radius 3 is 2.67 bits per heavy atom. The molecule has 2 aliphatic rings. The molecule has 0 aliphatic carbocycles. The van der Waals surface area contributed by atoms with Gasteiger partial charge in [0.05, 0.1) is 23.7 Å². The van der Waals surface area contributed by atoms with E-state index in [0.717, 1.165) is 46.2 Å². The van der Waals surface area contributed by atoms with E-state index in [1.807, 2.05) is 72.8 Å². The Hall–Kier alpha value is -4.10. The second-order valence-electron chi connectivity index (χ2n) is 9.17. The maximum atomic E-state index is 13.8. The second-order valence-corrected chi connectivity index (χ2v) is 9.17. The van der Waals surface area contributed by atoms with Gasteiger partial charge in [-0.1, -0.05) is 42.5 Å². The summed E-state index contributed by atoms with van der Waals surface area (Å²) in [6.45, 7) is 1.43. The van der Waals surface area contributed by atoms with Crippen LogP contribution < -0.4 is 14.8 Å². The van der Waals surface area contributed by atoms with Crippen LogP contribution in [0.5, 0.6) is 11.5 Å². The molecule has 0 unspecified atom stereocenters. The molecular weight excluding hydrogens is 454 g/mol. The van der Waals surface area contributed by atoms with Gasteiger partial charge in [-0.2, -0.15) is 0 Å². The molecule has 182 valence electrons. The number of aliphatic hydroxyl groups is 1. The van der Waals surface area contributed by atoms with Gasteiger partial charge in [-0.25, -0.2) is 4.98 Å². The van der Waals surface area contributed by atoms with Crippen LogP contribution in [-0.2, 0) is 6.54 Å². The number of hydrogen-bond acceptors (Lipinski definition) is 6. The Labute approximate surface area is 209 Å². The molecule has 1 atom stereocenters. The third-order valence-corrected chi connectivity index (χ3v) is 6.91. The van der Waals surface area contributed by atoms with E-state index in [-0.39, 0.29) is 25.3 Å². The first-order chi connectivity index (χ1) is 17.7. The van der Waals surface area contributed by atoms with Gasteiger partial charge >= 0.3 is 0 Å². The topological polar surface area (TPSA) is 83.9 Å². The molecule has 0 spiro atoms. The first kappa shape index (κ1) is 22.4. The van der Waals surface area contributed by atoms with Gasteiger partial charge in [0.1, 0.15) is 5.82 Å². The summed E-state index contributed by atoms with van der Waals surface area (Å²) >= 11 is 0. The van der Waals surface area contributed by atoms with Crippen molar-refractivity contribution in [3.63, 3.8) is 0 Å². The maximum absolute atomic E-state index is 13.8. The van der Waals surface area contributed by atoms with Gasteiger partial charge in [-0.05, 0) is 59.9 Å². The largest absolute Gasteiger partial charge is 0.454 e. The number of aliphatic hydroxyl groups excluding tert-OH is 1. The van der Waals surface area contributed by atoms with Crippen LogP contribution >= 0.6 is 0 Å². The van der Waals surface area contributed by atoms with Crippen LogP contribution in [0.15, 0.2) is 72.8 Å². The molecule has 1 fully saturated rings. The fourth-order valence-corrected chi connectivity index (χ4v) is 4.99. The number of likely N-dealkylation sites (tertiary alicyclic amines) is 1. The molecule has 1 aromatic heterocycles. The normalized spacial score (nSPS) is 16.5. The quantitative estimate of drug-likeness (QED) is 0.410. The Kier molecular flexibility index (Phi) is 5.91. The average molecular weight is 482 g/mol. The van der Waals surface area contributed by atoms with Crippen LogP contribution in [0.4, 0.5) is 5.82 Å². The second kappa shape index (κ2) is 9.51. The van der Waals surface area contributed by atoms with E-state index in [1.165, 1.54) is 0 Å². The molecule has 1 amide bonds. The molecule has 2 aliphatic heterocycles. The number of anilines is 1. The molecule has 6 rings (SSSR count). The number of nitrogens with zero attached hydrogens (tertiary/aromatic N) is 2. The Morgan fingerprint density at radius 2 is 1.81 bits per heavy atom. The van der Waals surface area contributed by atoms with Crippen molar-refractivity contribution < 1.29 is 19.4 Å². The van der Waals surface area contributed by atoms with Gasteiger partial charge in [-0.15, -0.1) is 0 Å². The van der Waals surface area contributed by atoms with Crippen LogP contribution in [0.25, 0.3) is 22.0 Å². The first-order valence-electron chi connectivity index (χ1n) is 12.2. The molecule has 0 radical (unpaired) electrons. The lowest BCUT2D eigenvalue weighted by Gasteiger charge is -2.24. The standard InChI is InChI=1S/C29H27N3O4/c33-17-22-7-4-12-32(22)29(34)24-15-28(30-16-19-5-2-1-3-6-19)31-25-10-8-20(13-23(24)25)21-9-11-26-27(14-21)36-18-35-26/h1-3,5-6,8-11,13-15,22,33H,4,7,12,16-18H2,(H,30,31)/t22-/m0/s1. The van der Waals surface area contributed by atoms with E-state index in [9.17, 15) is 9.90 Å². The van der Waals surface area contributed by atoms with Crippen molar-refractivity contribution in [2.45, 2.75) is 25.4 Å². The van der Waals surface area contributed by atoms with Crippen molar-refractivity contribution in [2.75, 3.05) is 25.3 Å². The Bertz CT molecular complexity index is 1420. The highest BCUT2D eigenvalue weighted by atomic mass is 16.7. The van der Waals surface area contributed by atoms with Gasteiger partial charge < -0.3 is 24.8 Å². The lowest BCUT2D eigenvalue weighted by Crippen LogP contribution is -2.37. The monoisotopic (exact) mass is 481 g/mol. The molecule has 7 heteroatoms. The fourth-order valence-electron chi connectivity index (χ4n) is 4.99. The van der Waals surface area contributed by atoms with Crippen LogP contribution in [0.2, 0.25) is 0 Å². The van der Waals surface area contributed by atoms with Crippen LogP contribution in [0.1, 0.15) is 28.8 Å². The van der Waals surface area contributed by atoms with Crippen LogP contribution in [-0.4, -0.2) is 46.9 Å². The van der Waals surface area contributed by atoms with E-state index < -0.39 is 0 Å². The van der Waals surface area contributed by atoms with Gasteiger partial charge in [0.25, 0.3) is 5.91 Å². The number of carbonyl (C=O) groups is 1. The van der Waals surface area contributed by atoms with Crippen molar-refractivity contribution in [3.8, 4) is 22.6 Å². The molecule has 1 saturated heterocycles. The summed E-state index contributed by atoms with van der Waals surface area (Å²) < 4.78 is 11.0. The summed E-state index contributed by atoms with van der Waals surface area (Å²) in [5.41, 5.74) is 4.38. The van der Waals surface area contributed by atoms with Crippen LogP contribution in [0, 0.1) is 0 Å². The highest BCUT2D eigenvalue weighted by molar-refractivity contribution is 6.08. The lowest BCUT2D eigenvalue weighted by molar-refractivity contribution is 0.0679. The predicted octanol–water partition coefficient (Wildman–Crippen LogP) is 4.84. The van der Waals surface area contributed by atoms with Crippen molar-refractivity contribution in [3.05, 3.63) is 83.9 Å². The number of ether oxygens (including phenoxy) is 2. The zero-order valence-electron chi connectivity index (χ0n) is 19.8. The van der Waals surface area contributed by atoms with E-state index in [1.54, 1.807) is 4.90 Å². The first-order valence-corrected chi connectivity index (χ1v) is 12.2. The molecule has 0 bridgehead atoms. The van der Waals surface area contributed by atoms with Crippen molar-refractivity contribution in [1.82, 2.24) is 9.88 Å². The van der Waals surface area contributed by atoms with Crippen molar-refractivity contribution in [1.29, 1.82) is 0 Å². The van der Waals surface area contributed by atoms with Crippen LogP contribution in [0.3, 0.4) is 0 Å². The number of rotatable bonds is 6. The summed E-state index contributed by atoms with van der Waals surface area (Å²) in [6.07, 6.45) is 1.70. The maximum Gasteiger partial charge on any atom is 0.255 e. The Morgan fingerprint density at radius 1 is 1.00 bits per heavy atom. The molecular formula is C29H27N3O4. The average Bonchev–Trinajstić information content (AvgIpc) is 3.60. The Balaban J connectivity index is 1.41. The smallest absolute Gasteiger partial charge is 0.255 e. The third kappa shape index (κ3) is 4.22. The summed E-state index contributed by atoms with van der Waals surface area (Å²) in [5.74, 6) is 2.01. The summed E-state index contributed by atoms with van der Waals surface area (Å²) in [4.78, 5) is 20.4. The summed E-state index contributed by atoms with van der Waals surface area (Å²) in [6, 6.07) is 23.6. The SMILES string of the molecule is O=C(c1cc(NCc2ccccc2)nc2ccc(-c3ccc4c(c3)OCO4)cc12)N1CCC[C@H]1CO. The molecule has 36 heavy (non-hydrogen) atoms. The third-order valence-electron chi connectivity index (χ3n) is 6.91. The number of aromatic nitrogens is 1. The molecule has 3 aromatic carbocycles. The van der Waals surface area contributed by atoms with Gasteiger partial charge in [0.2, 0.25) is 6.79 Å². The molecule has 2 N–H and O–H groups in total. The van der Waals surface area contributed by atoms with Gasteiger partial charge in [0.15, 0.2) is 11.5 Å². The molecule has 3 heterocycles. The number of nitrogens with one attached hydrogen (secondary N) is 1. The van der Waals surface area contributed by atoms with E-state index >= 15 is 0 Å². The van der Waals surface area contributed by atoms with E-state index in [2.05, 4.69) is 5.32 Å². The van der Waals surface area contributed by atoms with Crippen molar-refractivity contribution >= 4 is 22.6 Å². The number of carbonyl (C=O) groups excluding carboxylic acids is 1. The minimum Gasteiger partial charge on any atom is -0.454 e. The van der Waals surface area contributed by atoms with Crippen molar-refractivity contribution in [2.24, 2.45) is 0 Å². The number of fused-ring (bicyclic) bond motifs is 2. The number of pyridine rings is 1. The minimum atomic E-state index is -0.154. The fraction of sp³-hybridized carbons (Fsp3) is 0.241. The molecule has 4 aromatic rings. The van der Waals surface area contributed by atoms with Gasteiger partial charge in [0, 0.05) is 18.5 Å². The highest BCUT2D eigenvalue weighted by Crippen LogP contribution is 2.37. The lowest BCUT2D eigenvalue weighted by atomic mass is 9.99. The van der Waals surface area contributed by atoms with Gasteiger partial charge in [-0.3, -0.25) is 4.79 Å². The number of amides is 1. The molecule has 0 saturated carbocycles. The van der Waals surface area contributed by atoms with E-state index in [4.69, 9.17) is 14.5 Å². The zero-order chi connectivity index (χ0) is 24.5. The number of benzene rings is 3. The summed E-state index contributed by atoms with van der Waals surface area (Å²) in [7, 11) is 0. The van der Waals surface area contributed by atoms with E-state index in [0.29, 0.717) is 30.2 Å². The zero-order valence-corrected chi connectivity index (χ0v) is 19.8. The minimum absolute atomic E-state index is 0.0314. The molecule has 7 nitrogen and oxygen atoms in total. The summed E-state index contributed by atoms with van der Waals surface area (Å²) in [5, 5.41) is 14.0.